The normalized spacial score (nSPS) is 21.3. The summed E-state index contributed by atoms with van der Waals surface area (Å²) in [5.74, 6) is 0.265. The van der Waals surface area contributed by atoms with Crippen LogP contribution in [0.2, 0.25) is 0 Å². The van der Waals surface area contributed by atoms with Crippen molar-refractivity contribution in [2.45, 2.75) is 18.4 Å². The smallest absolute Gasteiger partial charge is 0.148 e. The average Bonchev–Trinajstić information content (AvgIpc) is 3.01. The Kier molecular flexibility index (Phi) is 2.30. The lowest BCUT2D eigenvalue weighted by Crippen LogP contribution is -2.23. The Morgan fingerprint density at radius 1 is 1.10 bits per heavy atom. The second-order valence-electron chi connectivity index (χ2n) is 5.31. The van der Waals surface area contributed by atoms with Crippen LogP contribution in [0.4, 0.5) is 4.39 Å². The minimum absolute atomic E-state index is 0.266. The molecule has 0 spiro atoms. The largest absolute Gasteiger partial charge is 0.458 e. The van der Waals surface area contributed by atoms with Crippen LogP contribution in [0.1, 0.15) is 23.3 Å². The highest BCUT2D eigenvalue weighted by atomic mass is 19.1. The molecule has 0 amide bonds. The molecule has 0 saturated heterocycles. The van der Waals surface area contributed by atoms with Gasteiger partial charge in [0.05, 0.1) is 0 Å². The van der Waals surface area contributed by atoms with E-state index < -0.39 is 5.60 Å². The topological polar surface area (TPSA) is 33.4 Å². The molecule has 2 aromatic carbocycles. The van der Waals surface area contributed by atoms with Crippen molar-refractivity contribution in [3.8, 4) is 0 Å². The summed E-state index contributed by atoms with van der Waals surface area (Å²) in [5.41, 5.74) is 1.21. The van der Waals surface area contributed by atoms with Gasteiger partial charge in [-0.1, -0.05) is 24.3 Å². The van der Waals surface area contributed by atoms with Gasteiger partial charge < -0.3 is 9.52 Å². The van der Waals surface area contributed by atoms with Crippen molar-refractivity contribution in [2.24, 2.45) is 0 Å². The average molecular weight is 268 g/mol. The summed E-state index contributed by atoms with van der Waals surface area (Å²) in [5, 5.41) is 12.0. The summed E-state index contributed by atoms with van der Waals surface area (Å²) in [6.07, 6.45) is 1.17. The predicted octanol–water partition coefficient (Wildman–Crippen LogP) is 3.75. The lowest BCUT2D eigenvalue weighted by atomic mass is 9.93. The molecule has 1 aromatic heterocycles. The Morgan fingerprint density at radius 2 is 1.95 bits per heavy atom. The zero-order chi connectivity index (χ0) is 13.7. The summed E-state index contributed by atoms with van der Waals surface area (Å²) in [6.45, 7) is 0. The number of fused-ring (bicyclic) bond motifs is 2. The van der Waals surface area contributed by atoms with Crippen molar-refractivity contribution in [1.82, 2.24) is 0 Å². The first-order chi connectivity index (χ1) is 9.67. The van der Waals surface area contributed by atoms with Crippen LogP contribution in [-0.4, -0.2) is 5.11 Å². The van der Waals surface area contributed by atoms with Gasteiger partial charge in [-0.2, -0.15) is 0 Å². The standard InChI is InChI=1S/C17H13FO2/c18-13-5-6-14-11(9-13)7-8-17(14,19)16-10-12-3-1-2-4-15(12)20-16/h1-6,9-10,19H,7-8H2. The highest BCUT2D eigenvalue weighted by Crippen LogP contribution is 2.43. The SMILES string of the molecule is OC1(c2cc3ccccc3o2)CCc2cc(F)ccc21. The van der Waals surface area contributed by atoms with Gasteiger partial charge in [0.25, 0.3) is 0 Å². The molecule has 0 saturated carbocycles. The number of para-hydroxylation sites is 1. The Bertz CT molecular complexity index is 773. The molecule has 3 heteroatoms. The molecule has 0 aliphatic heterocycles. The van der Waals surface area contributed by atoms with Gasteiger partial charge in [-0.15, -0.1) is 0 Å². The van der Waals surface area contributed by atoms with E-state index in [0.29, 0.717) is 18.6 Å². The summed E-state index contributed by atoms with van der Waals surface area (Å²) in [7, 11) is 0. The van der Waals surface area contributed by atoms with Crippen molar-refractivity contribution in [1.29, 1.82) is 0 Å². The van der Waals surface area contributed by atoms with Crippen molar-refractivity contribution < 1.29 is 13.9 Å². The quantitative estimate of drug-likeness (QED) is 0.729. The third-order valence-electron chi connectivity index (χ3n) is 4.10. The van der Waals surface area contributed by atoms with Crippen LogP contribution in [-0.2, 0) is 12.0 Å². The number of hydrogen-bond acceptors (Lipinski definition) is 2. The Labute approximate surface area is 115 Å². The van der Waals surface area contributed by atoms with Gasteiger partial charge >= 0.3 is 0 Å². The van der Waals surface area contributed by atoms with Crippen LogP contribution in [0.15, 0.2) is 52.9 Å². The first-order valence-electron chi connectivity index (χ1n) is 6.67. The molecule has 100 valence electrons. The van der Waals surface area contributed by atoms with Crippen LogP contribution in [0.3, 0.4) is 0 Å². The van der Waals surface area contributed by atoms with Gasteiger partial charge in [0.1, 0.15) is 22.8 Å². The predicted molar refractivity (Wildman–Crippen MR) is 73.9 cm³/mol. The minimum atomic E-state index is -1.15. The summed E-state index contributed by atoms with van der Waals surface area (Å²) in [4.78, 5) is 0. The maximum atomic E-state index is 13.3. The van der Waals surface area contributed by atoms with E-state index in [1.165, 1.54) is 12.1 Å². The molecule has 1 heterocycles. The van der Waals surface area contributed by atoms with Gasteiger partial charge in [0.15, 0.2) is 0 Å². The van der Waals surface area contributed by atoms with E-state index >= 15 is 0 Å². The maximum absolute atomic E-state index is 13.3. The minimum Gasteiger partial charge on any atom is -0.458 e. The molecule has 1 unspecified atom stereocenters. The van der Waals surface area contributed by atoms with Gasteiger partial charge in [0.2, 0.25) is 0 Å². The van der Waals surface area contributed by atoms with E-state index in [9.17, 15) is 9.50 Å². The first-order valence-corrected chi connectivity index (χ1v) is 6.67. The van der Waals surface area contributed by atoms with Gasteiger partial charge in [0, 0.05) is 5.39 Å². The van der Waals surface area contributed by atoms with E-state index in [1.54, 1.807) is 6.07 Å². The van der Waals surface area contributed by atoms with Crippen LogP contribution < -0.4 is 0 Å². The molecule has 0 bridgehead atoms. The lowest BCUT2D eigenvalue weighted by molar-refractivity contribution is 0.0605. The zero-order valence-electron chi connectivity index (χ0n) is 10.8. The fourth-order valence-corrected chi connectivity index (χ4v) is 3.06. The molecule has 2 nitrogen and oxygen atoms in total. The molecule has 3 aromatic rings. The van der Waals surface area contributed by atoms with Crippen LogP contribution in [0.5, 0.6) is 0 Å². The number of rotatable bonds is 1. The number of aryl methyl sites for hydroxylation is 1. The molecule has 1 atom stereocenters. The van der Waals surface area contributed by atoms with Crippen LogP contribution in [0, 0.1) is 5.82 Å². The number of furan rings is 1. The molecular formula is C17H13FO2. The summed E-state index contributed by atoms with van der Waals surface area (Å²) in [6, 6.07) is 14.1. The second kappa shape index (κ2) is 3.93. The molecule has 1 N–H and O–H groups in total. The van der Waals surface area contributed by atoms with E-state index in [4.69, 9.17) is 4.42 Å². The third-order valence-corrected chi connectivity index (χ3v) is 4.10. The fraction of sp³-hybridized carbons (Fsp3) is 0.176. The van der Waals surface area contributed by atoms with E-state index in [1.807, 2.05) is 30.3 Å². The monoisotopic (exact) mass is 268 g/mol. The van der Waals surface area contributed by atoms with Gasteiger partial charge in [-0.3, -0.25) is 0 Å². The molecular weight excluding hydrogens is 255 g/mol. The Hall–Kier alpha value is -2.13. The summed E-state index contributed by atoms with van der Waals surface area (Å²) >= 11 is 0. The molecule has 0 radical (unpaired) electrons. The molecule has 20 heavy (non-hydrogen) atoms. The number of aliphatic hydroxyl groups is 1. The number of benzene rings is 2. The maximum Gasteiger partial charge on any atom is 0.148 e. The first kappa shape index (κ1) is 11.7. The van der Waals surface area contributed by atoms with Crippen molar-refractivity contribution in [3.05, 3.63) is 71.2 Å². The van der Waals surface area contributed by atoms with Crippen LogP contribution in [0.25, 0.3) is 11.0 Å². The van der Waals surface area contributed by atoms with Gasteiger partial charge in [-0.25, -0.2) is 4.39 Å². The van der Waals surface area contributed by atoms with Crippen molar-refractivity contribution in [3.63, 3.8) is 0 Å². The fourth-order valence-electron chi connectivity index (χ4n) is 3.06. The Morgan fingerprint density at radius 3 is 2.80 bits per heavy atom. The number of hydrogen-bond donors (Lipinski definition) is 1. The highest BCUT2D eigenvalue weighted by Gasteiger charge is 2.41. The molecule has 1 aliphatic carbocycles. The zero-order valence-corrected chi connectivity index (χ0v) is 10.8. The molecule has 1 aliphatic rings. The van der Waals surface area contributed by atoms with E-state index in [2.05, 4.69) is 0 Å². The molecule has 0 fully saturated rings. The second-order valence-corrected chi connectivity index (χ2v) is 5.31. The lowest BCUT2D eigenvalue weighted by Gasteiger charge is -2.21. The molecule has 4 rings (SSSR count). The van der Waals surface area contributed by atoms with Gasteiger partial charge in [-0.05, 0) is 48.2 Å². The van der Waals surface area contributed by atoms with E-state index in [-0.39, 0.29) is 5.82 Å². The summed E-state index contributed by atoms with van der Waals surface area (Å²) < 4.78 is 19.1. The number of halogens is 1. The van der Waals surface area contributed by atoms with Crippen molar-refractivity contribution >= 4 is 11.0 Å². The Balaban J connectivity index is 1.90. The van der Waals surface area contributed by atoms with Crippen molar-refractivity contribution in [2.75, 3.05) is 0 Å². The third kappa shape index (κ3) is 1.53. The van der Waals surface area contributed by atoms with Crippen LogP contribution >= 0.6 is 0 Å². The highest BCUT2D eigenvalue weighted by molar-refractivity contribution is 5.78. The van der Waals surface area contributed by atoms with E-state index in [0.717, 1.165) is 22.1 Å².